The fourth-order valence-corrected chi connectivity index (χ4v) is 4.43. The number of fused-ring (bicyclic) bond motifs is 1. The number of amides is 2. The number of ether oxygens (including phenoxy) is 2. The molecule has 3 aromatic carbocycles. The Morgan fingerprint density at radius 2 is 1.54 bits per heavy atom. The molecule has 0 spiro atoms. The molecule has 6 heteroatoms. The third kappa shape index (κ3) is 5.72. The van der Waals surface area contributed by atoms with Crippen molar-refractivity contribution in [2.24, 2.45) is 0 Å². The van der Waals surface area contributed by atoms with Crippen molar-refractivity contribution in [3.05, 3.63) is 101 Å². The predicted octanol–water partition coefficient (Wildman–Crippen LogP) is 5.07. The lowest BCUT2D eigenvalue weighted by molar-refractivity contribution is -0.130. The standard InChI is InChI=1S/C29H30N2O4/c1-20(32)31-17-16-22-6-4-5-7-26(22)28(31)19-29(33)30-27(23-10-14-25(35-3)15-11-23)18-21-8-12-24(34-2)13-9-21/h4-17,27-28H,18-19H2,1-3H3,(H,30,33)/t27-,28+/m0/s1. The van der Waals surface area contributed by atoms with Gasteiger partial charge in [-0.3, -0.25) is 9.59 Å². The van der Waals surface area contributed by atoms with Crippen LogP contribution in [0, 0.1) is 0 Å². The van der Waals surface area contributed by atoms with Gasteiger partial charge in [-0.15, -0.1) is 0 Å². The van der Waals surface area contributed by atoms with E-state index in [1.807, 2.05) is 78.9 Å². The maximum absolute atomic E-state index is 13.4. The van der Waals surface area contributed by atoms with Gasteiger partial charge in [0.15, 0.2) is 0 Å². The first kappa shape index (κ1) is 24.1. The molecule has 0 aliphatic carbocycles. The van der Waals surface area contributed by atoms with Gasteiger partial charge in [0.2, 0.25) is 11.8 Å². The monoisotopic (exact) mass is 470 g/mol. The number of carbonyl (C=O) groups is 2. The van der Waals surface area contributed by atoms with Gasteiger partial charge in [0.1, 0.15) is 11.5 Å². The summed E-state index contributed by atoms with van der Waals surface area (Å²) in [7, 11) is 3.27. The molecule has 0 bridgehead atoms. The summed E-state index contributed by atoms with van der Waals surface area (Å²) in [6.45, 7) is 1.52. The smallest absolute Gasteiger partial charge is 0.223 e. The van der Waals surface area contributed by atoms with Gasteiger partial charge in [0.25, 0.3) is 0 Å². The first-order valence-corrected chi connectivity index (χ1v) is 11.6. The molecule has 6 nitrogen and oxygen atoms in total. The van der Waals surface area contributed by atoms with Crippen molar-refractivity contribution in [3.63, 3.8) is 0 Å². The molecule has 0 radical (unpaired) electrons. The maximum Gasteiger partial charge on any atom is 0.223 e. The van der Waals surface area contributed by atoms with Crippen LogP contribution in [0.3, 0.4) is 0 Å². The third-order valence-electron chi connectivity index (χ3n) is 6.30. The van der Waals surface area contributed by atoms with Gasteiger partial charge in [-0.1, -0.05) is 48.5 Å². The maximum atomic E-state index is 13.4. The molecule has 1 heterocycles. The largest absolute Gasteiger partial charge is 0.497 e. The van der Waals surface area contributed by atoms with Crippen LogP contribution in [0.1, 0.15) is 47.7 Å². The fraction of sp³-hybridized carbons (Fsp3) is 0.241. The van der Waals surface area contributed by atoms with Crippen LogP contribution in [0.15, 0.2) is 79.0 Å². The summed E-state index contributed by atoms with van der Waals surface area (Å²) >= 11 is 0. The van der Waals surface area contributed by atoms with Crippen molar-refractivity contribution in [2.45, 2.75) is 31.8 Å². The molecule has 35 heavy (non-hydrogen) atoms. The van der Waals surface area contributed by atoms with Crippen molar-refractivity contribution in [3.8, 4) is 11.5 Å². The molecule has 0 fully saturated rings. The minimum absolute atomic E-state index is 0.0986. The van der Waals surface area contributed by atoms with E-state index in [0.717, 1.165) is 33.8 Å². The van der Waals surface area contributed by atoms with Crippen LogP contribution in [0.25, 0.3) is 6.08 Å². The fourth-order valence-electron chi connectivity index (χ4n) is 4.43. The van der Waals surface area contributed by atoms with E-state index in [1.165, 1.54) is 6.92 Å². The molecule has 4 rings (SSSR count). The van der Waals surface area contributed by atoms with Crippen LogP contribution in [0.2, 0.25) is 0 Å². The summed E-state index contributed by atoms with van der Waals surface area (Å²) in [6, 6.07) is 22.8. The normalized spacial score (nSPS) is 15.2. The molecule has 0 unspecified atom stereocenters. The second-order valence-electron chi connectivity index (χ2n) is 8.54. The Balaban J connectivity index is 1.57. The predicted molar refractivity (Wildman–Crippen MR) is 136 cm³/mol. The Kier molecular flexibility index (Phi) is 7.51. The number of hydrogen-bond acceptors (Lipinski definition) is 4. The molecule has 1 aliphatic rings. The molecule has 1 N–H and O–H groups in total. The highest BCUT2D eigenvalue weighted by molar-refractivity contribution is 5.82. The summed E-state index contributed by atoms with van der Waals surface area (Å²) in [5, 5.41) is 3.21. The van der Waals surface area contributed by atoms with E-state index in [2.05, 4.69) is 5.32 Å². The van der Waals surface area contributed by atoms with Gasteiger partial charge < -0.3 is 19.7 Å². The van der Waals surface area contributed by atoms with Crippen LogP contribution in [-0.2, 0) is 16.0 Å². The first-order chi connectivity index (χ1) is 17.0. The summed E-state index contributed by atoms with van der Waals surface area (Å²) in [4.78, 5) is 27.3. The number of benzene rings is 3. The number of nitrogens with one attached hydrogen (secondary N) is 1. The Morgan fingerprint density at radius 1 is 0.914 bits per heavy atom. The van der Waals surface area contributed by atoms with Crippen LogP contribution in [-0.4, -0.2) is 30.9 Å². The van der Waals surface area contributed by atoms with Gasteiger partial charge in [-0.25, -0.2) is 0 Å². The summed E-state index contributed by atoms with van der Waals surface area (Å²) < 4.78 is 10.6. The second kappa shape index (κ2) is 10.9. The lowest BCUT2D eigenvalue weighted by atomic mass is 9.93. The highest BCUT2D eigenvalue weighted by atomic mass is 16.5. The van der Waals surface area contributed by atoms with Crippen molar-refractivity contribution in [2.75, 3.05) is 14.2 Å². The molecule has 2 atom stereocenters. The Hall–Kier alpha value is -4.06. The van der Waals surface area contributed by atoms with Crippen LogP contribution < -0.4 is 14.8 Å². The van der Waals surface area contributed by atoms with E-state index in [1.54, 1.807) is 25.3 Å². The minimum atomic E-state index is -0.355. The van der Waals surface area contributed by atoms with E-state index in [0.29, 0.717) is 6.42 Å². The highest BCUT2D eigenvalue weighted by Gasteiger charge is 2.29. The Bertz CT molecular complexity index is 1200. The second-order valence-corrected chi connectivity index (χ2v) is 8.54. The molecular weight excluding hydrogens is 440 g/mol. The van der Waals surface area contributed by atoms with Gasteiger partial charge >= 0.3 is 0 Å². The van der Waals surface area contributed by atoms with Crippen molar-refractivity contribution in [1.82, 2.24) is 10.2 Å². The zero-order chi connectivity index (χ0) is 24.8. The third-order valence-corrected chi connectivity index (χ3v) is 6.30. The van der Waals surface area contributed by atoms with Gasteiger partial charge in [0, 0.05) is 13.1 Å². The SMILES string of the molecule is COc1ccc(C[C@H](NC(=O)C[C@@H]2c3ccccc3C=CN2C(C)=O)c2ccc(OC)cc2)cc1. The minimum Gasteiger partial charge on any atom is -0.497 e. The molecule has 0 aromatic heterocycles. The molecule has 180 valence electrons. The number of rotatable bonds is 8. The number of carbonyl (C=O) groups excluding carboxylic acids is 2. The zero-order valence-corrected chi connectivity index (χ0v) is 20.2. The van der Waals surface area contributed by atoms with E-state index in [4.69, 9.17) is 9.47 Å². The lowest BCUT2D eigenvalue weighted by Gasteiger charge is -2.32. The summed E-state index contributed by atoms with van der Waals surface area (Å²) in [5.41, 5.74) is 4.04. The number of methoxy groups -OCH3 is 2. The van der Waals surface area contributed by atoms with Gasteiger partial charge in [-0.2, -0.15) is 0 Å². The molecular formula is C29H30N2O4. The van der Waals surface area contributed by atoms with E-state index < -0.39 is 0 Å². The molecule has 2 amide bonds. The molecule has 0 saturated heterocycles. The van der Waals surface area contributed by atoms with Crippen LogP contribution in [0.4, 0.5) is 0 Å². The summed E-state index contributed by atoms with van der Waals surface area (Å²) in [6.07, 6.45) is 4.45. The van der Waals surface area contributed by atoms with E-state index in [9.17, 15) is 9.59 Å². The lowest BCUT2D eigenvalue weighted by Crippen LogP contribution is -2.37. The van der Waals surface area contributed by atoms with E-state index in [-0.39, 0.29) is 30.3 Å². The van der Waals surface area contributed by atoms with Crippen LogP contribution >= 0.6 is 0 Å². The Labute approximate surface area is 206 Å². The summed E-state index contributed by atoms with van der Waals surface area (Å²) in [5.74, 6) is 1.32. The van der Waals surface area contributed by atoms with E-state index >= 15 is 0 Å². The average Bonchev–Trinajstić information content (AvgIpc) is 2.88. The van der Waals surface area contributed by atoms with Crippen molar-refractivity contribution < 1.29 is 19.1 Å². The molecule has 3 aromatic rings. The van der Waals surface area contributed by atoms with Gasteiger partial charge in [-0.05, 0) is 59.0 Å². The molecule has 1 aliphatic heterocycles. The average molecular weight is 471 g/mol. The Morgan fingerprint density at radius 3 is 2.17 bits per heavy atom. The van der Waals surface area contributed by atoms with Crippen molar-refractivity contribution in [1.29, 1.82) is 0 Å². The number of nitrogens with zero attached hydrogens (tertiary/aromatic N) is 1. The number of hydrogen-bond donors (Lipinski definition) is 1. The molecule has 0 saturated carbocycles. The quantitative estimate of drug-likeness (QED) is 0.499. The first-order valence-electron chi connectivity index (χ1n) is 11.6. The van der Waals surface area contributed by atoms with Crippen LogP contribution in [0.5, 0.6) is 11.5 Å². The van der Waals surface area contributed by atoms with Gasteiger partial charge in [0.05, 0.1) is 32.7 Å². The highest BCUT2D eigenvalue weighted by Crippen LogP contribution is 2.33. The zero-order valence-electron chi connectivity index (χ0n) is 20.2. The van der Waals surface area contributed by atoms with Crippen molar-refractivity contribution >= 4 is 17.9 Å². The topological polar surface area (TPSA) is 67.9 Å².